The van der Waals surface area contributed by atoms with Gasteiger partial charge in [0, 0.05) is 24.7 Å². The first-order valence-corrected chi connectivity index (χ1v) is 6.08. The van der Waals surface area contributed by atoms with Crippen molar-refractivity contribution in [3.63, 3.8) is 0 Å². The van der Waals surface area contributed by atoms with E-state index in [1.807, 2.05) is 36.4 Å². The summed E-state index contributed by atoms with van der Waals surface area (Å²) in [6, 6.07) is 7.62. The van der Waals surface area contributed by atoms with Gasteiger partial charge in [0.05, 0.1) is 12.8 Å². The fourth-order valence-corrected chi connectivity index (χ4v) is 1.50. The lowest BCUT2D eigenvalue weighted by Crippen LogP contribution is -1.93. The molecule has 20 heavy (non-hydrogen) atoms. The predicted molar refractivity (Wildman–Crippen MR) is 78.5 cm³/mol. The van der Waals surface area contributed by atoms with Crippen molar-refractivity contribution in [2.24, 2.45) is 0 Å². The van der Waals surface area contributed by atoms with Crippen molar-refractivity contribution >= 4 is 24.2 Å². The number of carbonyl (C=O) groups excluding carboxylic acids is 1. The fourth-order valence-electron chi connectivity index (χ4n) is 1.50. The van der Waals surface area contributed by atoms with Crippen LogP contribution >= 0.6 is 0 Å². The Morgan fingerprint density at radius 3 is 2.60 bits per heavy atom. The van der Waals surface area contributed by atoms with Crippen molar-refractivity contribution in [2.75, 3.05) is 7.11 Å². The second kappa shape index (κ2) is 6.99. The number of methoxy groups -OCH3 is 1. The summed E-state index contributed by atoms with van der Waals surface area (Å²) in [5.74, 6) is -0.384. The predicted octanol–water partition coefficient (Wildman–Crippen LogP) is 2.83. The van der Waals surface area contributed by atoms with Gasteiger partial charge in [-0.15, -0.1) is 0 Å². The van der Waals surface area contributed by atoms with E-state index in [1.54, 1.807) is 24.7 Å². The van der Waals surface area contributed by atoms with Gasteiger partial charge >= 0.3 is 5.97 Å². The number of nitrogens with zero attached hydrogens (tertiary/aromatic N) is 2. The maximum absolute atomic E-state index is 11.0. The lowest BCUT2D eigenvalue weighted by Gasteiger charge is -1.96. The van der Waals surface area contributed by atoms with E-state index in [9.17, 15) is 4.79 Å². The number of carbonyl (C=O) groups is 1. The normalized spacial score (nSPS) is 11.1. The summed E-state index contributed by atoms with van der Waals surface area (Å²) in [4.78, 5) is 19.3. The molecule has 4 nitrogen and oxygen atoms in total. The molecule has 0 amide bonds. The van der Waals surface area contributed by atoms with Crippen LogP contribution in [0, 0.1) is 0 Å². The smallest absolute Gasteiger partial charge is 0.330 e. The molecule has 2 aromatic rings. The molecule has 0 aliphatic rings. The van der Waals surface area contributed by atoms with E-state index in [0.29, 0.717) is 0 Å². The lowest BCUT2D eigenvalue weighted by atomic mass is 10.2. The van der Waals surface area contributed by atoms with Gasteiger partial charge in [0.15, 0.2) is 0 Å². The number of rotatable bonds is 4. The molecule has 0 fully saturated rings. The van der Waals surface area contributed by atoms with Crippen molar-refractivity contribution in [1.82, 2.24) is 9.97 Å². The monoisotopic (exact) mass is 266 g/mol. The molecule has 2 rings (SSSR count). The van der Waals surface area contributed by atoms with Gasteiger partial charge in [-0.3, -0.25) is 9.97 Å². The fraction of sp³-hybridized carbons (Fsp3) is 0.0625. The van der Waals surface area contributed by atoms with Crippen molar-refractivity contribution in [1.29, 1.82) is 0 Å². The third-order valence-corrected chi connectivity index (χ3v) is 2.55. The average molecular weight is 266 g/mol. The van der Waals surface area contributed by atoms with Gasteiger partial charge in [-0.05, 0) is 35.4 Å². The highest BCUT2D eigenvalue weighted by Gasteiger charge is 1.93. The van der Waals surface area contributed by atoms with E-state index in [4.69, 9.17) is 0 Å². The molecule has 0 atom stereocenters. The molecule has 100 valence electrons. The van der Waals surface area contributed by atoms with Crippen LogP contribution in [0.2, 0.25) is 0 Å². The van der Waals surface area contributed by atoms with Crippen LogP contribution < -0.4 is 0 Å². The summed E-state index contributed by atoms with van der Waals surface area (Å²) >= 11 is 0. The Labute approximate surface area is 117 Å². The number of esters is 1. The molecule has 0 saturated heterocycles. The Morgan fingerprint density at radius 1 is 1.10 bits per heavy atom. The highest BCUT2D eigenvalue weighted by atomic mass is 16.5. The van der Waals surface area contributed by atoms with Gasteiger partial charge < -0.3 is 4.74 Å². The van der Waals surface area contributed by atoms with Gasteiger partial charge in [-0.1, -0.05) is 18.2 Å². The second-order valence-electron chi connectivity index (χ2n) is 3.99. The SMILES string of the molecule is COC(=O)/C=C/c1ccc(/C=C/c2cccnc2)nc1. The summed E-state index contributed by atoms with van der Waals surface area (Å²) in [5, 5.41) is 0. The van der Waals surface area contributed by atoms with Crippen molar-refractivity contribution in [3.05, 3.63) is 65.8 Å². The zero-order chi connectivity index (χ0) is 14.2. The standard InChI is InChI=1S/C16H14N2O2/c1-20-16(19)9-6-14-5-8-15(18-12-14)7-4-13-3-2-10-17-11-13/h2-12H,1H3/b7-4+,9-6+. The summed E-state index contributed by atoms with van der Waals surface area (Å²) in [6.07, 6.45) is 12.1. The zero-order valence-corrected chi connectivity index (χ0v) is 11.1. The third kappa shape index (κ3) is 4.17. The number of pyridine rings is 2. The molecular weight excluding hydrogens is 252 g/mol. The largest absolute Gasteiger partial charge is 0.466 e. The second-order valence-corrected chi connectivity index (χ2v) is 3.99. The molecule has 2 aromatic heterocycles. The van der Waals surface area contributed by atoms with Crippen molar-refractivity contribution in [2.45, 2.75) is 0 Å². The maximum Gasteiger partial charge on any atom is 0.330 e. The first-order chi connectivity index (χ1) is 9.78. The van der Waals surface area contributed by atoms with Crippen LogP contribution in [0.5, 0.6) is 0 Å². The first kappa shape index (κ1) is 13.7. The minimum absolute atomic E-state index is 0.384. The number of hydrogen-bond acceptors (Lipinski definition) is 4. The van der Waals surface area contributed by atoms with Crippen LogP contribution in [-0.4, -0.2) is 23.0 Å². The molecule has 0 bridgehead atoms. The molecule has 2 heterocycles. The Hall–Kier alpha value is -2.75. The maximum atomic E-state index is 11.0. The van der Waals surface area contributed by atoms with E-state index in [0.717, 1.165) is 16.8 Å². The average Bonchev–Trinajstić information content (AvgIpc) is 2.52. The van der Waals surface area contributed by atoms with Crippen LogP contribution in [-0.2, 0) is 9.53 Å². The zero-order valence-electron chi connectivity index (χ0n) is 11.1. The van der Waals surface area contributed by atoms with Crippen molar-refractivity contribution < 1.29 is 9.53 Å². The molecule has 0 spiro atoms. The van der Waals surface area contributed by atoms with Crippen LogP contribution in [0.1, 0.15) is 16.8 Å². The van der Waals surface area contributed by atoms with Gasteiger partial charge in [0.1, 0.15) is 0 Å². The highest BCUT2D eigenvalue weighted by Crippen LogP contribution is 2.07. The molecule has 0 aliphatic carbocycles. The van der Waals surface area contributed by atoms with Gasteiger partial charge in [-0.25, -0.2) is 4.79 Å². The van der Waals surface area contributed by atoms with Crippen molar-refractivity contribution in [3.8, 4) is 0 Å². The Morgan fingerprint density at radius 2 is 1.95 bits per heavy atom. The minimum atomic E-state index is -0.384. The van der Waals surface area contributed by atoms with Gasteiger partial charge in [-0.2, -0.15) is 0 Å². The van der Waals surface area contributed by atoms with E-state index in [-0.39, 0.29) is 5.97 Å². The van der Waals surface area contributed by atoms with E-state index in [1.165, 1.54) is 13.2 Å². The minimum Gasteiger partial charge on any atom is -0.466 e. The topological polar surface area (TPSA) is 52.1 Å². The van der Waals surface area contributed by atoms with Crippen LogP contribution in [0.3, 0.4) is 0 Å². The van der Waals surface area contributed by atoms with Crippen LogP contribution in [0.4, 0.5) is 0 Å². The first-order valence-electron chi connectivity index (χ1n) is 6.08. The summed E-state index contributed by atoms with van der Waals surface area (Å²) in [7, 11) is 1.34. The molecule has 0 aromatic carbocycles. The third-order valence-electron chi connectivity index (χ3n) is 2.55. The van der Waals surface area contributed by atoms with E-state index in [2.05, 4.69) is 14.7 Å². The number of hydrogen-bond donors (Lipinski definition) is 0. The summed E-state index contributed by atoms with van der Waals surface area (Å²) < 4.78 is 4.52. The molecule has 4 heteroatoms. The summed E-state index contributed by atoms with van der Waals surface area (Å²) in [6.45, 7) is 0. The molecule has 0 aliphatic heterocycles. The van der Waals surface area contributed by atoms with E-state index < -0.39 is 0 Å². The van der Waals surface area contributed by atoms with E-state index >= 15 is 0 Å². The van der Waals surface area contributed by atoms with Gasteiger partial charge in [0.25, 0.3) is 0 Å². The number of aromatic nitrogens is 2. The molecule has 0 saturated carbocycles. The van der Waals surface area contributed by atoms with Crippen LogP contribution in [0.25, 0.3) is 18.2 Å². The Kier molecular flexibility index (Phi) is 4.78. The molecular formula is C16H14N2O2. The summed E-state index contributed by atoms with van der Waals surface area (Å²) in [5.41, 5.74) is 2.70. The quantitative estimate of drug-likeness (QED) is 0.630. The lowest BCUT2D eigenvalue weighted by molar-refractivity contribution is -0.134. The Balaban J connectivity index is 2.03. The Bertz CT molecular complexity index is 617. The molecule has 0 N–H and O–H groups in total. The molecule has 0 radical (unpaired) electrons. The molecule has 0 unspecified atom stereocenters. The highest BCUT2D eigenvalue weighted by molar-refractivity contribution is 5.86. The van der Waals surface area contributed by atoms with Crippen LogP contribution in [0.15, 0.2) is 48.9 Å². The van der Waals surface area contributed by atoms with Gasteiger partial charge in [0.2, 0.25) is 0 Å². The number of ether oxygens (including phenoxy) is 1.